The third-order valence-corrected chi connectivity index (χ3v) is 2.48. The number of fused-ring (bicyclic) bond motifs is 1. The average Bonchev–Trinajstić information content (AvgIpc) is 2.36. The van der Waals surface area contributed by atoms with Crippen molar-refractivity contribution in [2.24, 2.45) is 0 Å². The van der Waals surface area contributed by atoms with Gasteiger partial charge in [-0.2, -0.15) is 0 Å². The van der Waals surface area contributed by atoms with Gasteiger partial charge >= 0.3 is 5.97 Å². The summed E-state index contributed by atoms with van der Waals surface area (Å²) >= 11 is 0. The Bertz CT molecular complexity index is 558. The second-order valence-electron chi connectivity index (χ2n) is 3.36. The molecule has 0 aliphatic carbocycles. The fourth-order valence-corrected chi connectivity index (χ4v) is 1.72. The molecule has 0 bridgehead atoms. The van der Waals surface area contributed by atoms with E-state index in [1.165, 1.54) is 7.11 Å². The monoisotopic (exact) mass is 214 g/mol. The van der Waals surface area contributed by atoms with Crippen LogP contribution in [0.2, 0.25) is 0 Å². The van der Waals surface area contributed by atoms with Gasteiger partial charge in [0.25, 0.3) is 0 Å². The van der Waals surface area contributed by atoms with Crippen molar-refractivity contribution in [2.45, 2.75) is 0 Å². The summed E-state index contributed by atoms with van der Waals surface area (Å²) in [5.41, 5.74) is 0.682. The molecule has 3 heteroatoms. The van der Waals surface area contributed by atoms with Crippen molar-refractivity contribution < 1.29 is 14.3 Å². The Morgan fingerprint density at radius 2 is 1.94 bits per heavy atom. The Kier molecular flexibility index (Phi) is 2.68. The van der Waals surface area contributed by atoms with E-state index in [9.17, 15) is 9.59 Å². The number of benzene rings is 2. The third-order valence-electron chi connectivity index (χ3n) is 2.48. The van der Waals surface area contributed by atoms with Crippen LogP contribution in [0.5, 0.6) is 0 Å². The lowest BCUT2D eigenvalue weighted by atomic mass is 10.00. The van der Waals surface area contributed by atoms with Gasteiger partial charge in [0.15, 0.2) is 6.29 Å². The molecule has 0 aliphatic rings. The van der Waals surface area contributed by atoms with Crippen LogP contribution in [-0.4, -0.2) is 19.4 Å². The summed E-state index contributed by atoms with van der Waals surface area (Å²) in [6.45, 7) is 0. The predicted octanol–water partition coefficient (Wildman–Crippen LogP) is 2.44. The summed E-state index contributed by atoms with van der Waals surface area (Å²) in [5, 5.41) is 1.65. The van der Waals surface area contributed by atoms with Crippen LogP contribution < -0.4 is 0 Å². The highest BCUT2D eigenvalue weighted by molar-refractivity contribution is 6.10. The molecule has 0 atom stereocenters. The first-order valence-corrected chi connectivity index (χ1v) is 4.83. The van der Waals surface area contributed by atoms with Crippen LogP contribution in [0.1, 0.15) is 20.7 Å². The van der Waals surface area contributed by atoms with Crippen molar-refractivity contribution in [2.75, 3.05) is 7.11 Å². The summed E-state index contributed by atoms with van der Waals surface area (Å²) in [6, 6.07) is 10.8. The summed E-state index contributed by atoms with van der Waals surface area (Å²) < 4.78 is 4.69. The van der Waals surface area contributed by atoms with Crippen LogP contribution in [0, 0.1) is 0 Å². The van der Waals surface area contributed by atoms with Gasteiger partial charge in [0.2, 0.25) is 0 Å². The fourth-order valence-electron chi connectivity index (χ4n) is 1.72. The lowest BCUT2D eigenvalue weighted by Crippen LogP contribution is -2.06. The number of hydrogen-bond acceptors (Lipinski definition) is 3. The van der Waals surface area contributed by atoms with E-state index >= 15 is 0 Å². The molecular formula is C13H10O3. The maximum atomic E-state index is 11.6. The zero-order chi connectivity index (χ0) is 11.5. The van der Waals surface area contributed by atoms with Crippen molar-refractivity contribution >= 4 is 23.0 Å². The van der Waals surface area contributed by atoms with E-state index in [2.05, 4.69) is 4.74 Å². The van der Waals surface area contributed by atoms with Crippen LogP contribution in [-0.2, 0) is 4.74 Å². The summed E-state index contributed by atoms with van der Waals surface area (Å²) in [5.74, 6) is -0.487. The second-order valence-corrected chi connectivity index (χ2v) is 3.36. The molecule has 0 saturated carbocycles. The zero-order valence-corrected chi connectivity index (χ0v) is 8.77. The number of carbonyl (C=O) groups is 2. The average molecular weight is 214 g/mol. The minimum absolute atomic E-state index is 0.329. The lowest BCUT2D eigenvalue weighted by molar-refractivity contribution is 0.0600. The highest BCUT2D eigenvalue weighted by Gasteiger charge is 2.14. The molecule has 0 aromatic heterocycles. The minimum atomic E-state index is -0.487. The maximum Gasteiger partial charge on any atom is 0.339 e. The Balaban J connectivity index is 2.83. The van der Waals surface area contributed by atoms with Crippen molar-refractivity contribution in [3.8, 4) is 0 Å². The Morgan fingerprint density at radius 1 is 1.19 bits per heavy atom. The Hall–Kier alpha value is -2.16. The molecule has 0 radical (unpaired) electrons. The molecule has 0 amide bonds. The molecule has 0 fully saturated rings. The van der Waals surface area contributed by atoms with Crippen molar-refractivity contribution in [3.05, 3.63) is 47.5 Å². The number of esters is 1. The molecule has 0 aliphatic heterocycles. The van der Waals surface area contributed by atoms with Gasteiger partial charge in [-0.05, 0) is 10.8 Å². The number of carbonyl (C=O) groups excluding carboxylic acids is 2. The second kappa shape index (κ2) is 4.14. The number of ether oxygens (including phenoxy) is 1. The molecule has 80 valence electrons. The SMILES string of the molecule is COC(=O)c1c(C=O)ccc2ccccc12. The molecule has 0 saturated heterocycles. The fraction of sp³-hybridized carbons (Fsp3) is 0.0769. The van der Waals surface area contributed by atoms with Crippen LogP contribution in [0.25, 0.3) is 10.8 Å². The highest BCUT2D eigenvalue weighted by Crippen LogP contribution is 2.22. The lowest BCUT2D eigenvalue weighted by Gasteiger charge is -2.07. The Morgan fingerprint density at radius 3 is 2.62 bits per heavy atom. The normalized spacial score (nSPS) is 10.1. The molecule has 0 unspecified atom stereocenters. The first kappa shape index (κ1) is 10.4. The zero-order valence-electron chi connectivity index (χ0n) is 8.77. The maximum absolute atomic E-state index is 11.6. The standard InChI is InChI=1S/C13H10O3/c1-16-13(15)12-10(8-14)7-6-9-4-2-3-5-11(9)12/h2-8H,1H3. The van der Waals surface area contributed by atoms with Crippen LogP contribution in [0.4, 0.5) is 0 Å². The summed E-state index contributed by atoms with van der Waals surface area (Å²) in [4.78, 5) is 22.5. The van der Waals surface area contributed by atoms with E-state index in [1.807, 2.05) is 24.3 Å². The molecule has 2 aromatic carbocycles. The van der Waals surface area contributed by atoms with E-state index in [0.29, 0.717) is 17.4 Å². The van der Waals surface area contributed by atoms with Crippen LogP contribution >= 0.6 is 0 Å². The van der Waals surface area contributed by atoms with E-state index < -0.39 is 5.97 Å². The first-order valence-electron chi connectivity index (χ1n) is 4.83. The van der Waals surface area contributed by atoms with Gasteiger partial charge in [-0.1, -0.05) is 36.4 Å². The largest absolute Gasteiger partial charge is 0.465 e. The van der Waals surface area contributed by atoms with E-state index in [0.717, 1.165) is 10.8 Å². The number of rotatable bonds is 2. The van der Waals surface area contributed by atoms with Gasteiger partial charge in [-0.3, -0.25) is 4.79 Å². The molecule has 3 nitrogen and oxygen atoms in total. The molecule has 2 rings (SSSR count). The molecule has 16 heavy (non-hydrogen) atoms. The van der Waals surface area contributed by atoms with E-state index in [1.54, 1.807) is 12.1 Å². The van der Waals surface area contributed by atoms with Gasteiger partial charge in [0, 0.05) is 5.56 Å². The van der Waals surface area contributed by atoms with Gasteiger partial charge in [0.1, 0.15) is 0 Å². The van der Waals surface area contributed by atoms with Crippen LogP contribution in [0.15, 0.2) is 36.4 Å². The van der Waals surface area contributed by atoms with E-state index in [-0.39, 0.29) is 0 Å². The van der Waals surface area contributed by atoms with Crippen molar-refractivity contribution in [3.63, 3.8) is 0 Å². The highest BCUT2D eigenvalue weighted by atomic mass is 16.5. The third kappa shape index (κ3) is 1.56. The van der Waals surface area contributed by atoms with Gasteiger partial charge in [-0.25, -0.2) is 4.79 Å². The van der Waals surface area contributed by atoms with Gasteiger partial charge < -0.3 is 4.74 Å². The predicted molar refractivity (Wildman–Crippen MR) is 60.7 cm³/mol. The van der Waals surface area contributed by atoms with Gasteiger partial charge in [-0.15, -0.1) is 0 Å². The molecule has 0 heterocycles. The number of methoxy groups -OCH3 is 1. The quantitative estimate of drug-likeness (QED) is 0.569. The first-order chi connectivity index (χ1) is 7.77. The molecule has 2 aromatic rings. The topological polar surface area (TPSA) is 43.4 Å². The number of aldehydes is 1. The molecular weight excluding hydrogens is 204 g/mol. The summed E-state index contributed by atoms with van der Waals surface area (Å²) in [7, 11) is 1.30. The summed E-state index contributed by atoms with van der Waals surface area (Å²) in [6.07, 6.45) is 0.665. The molecule has 0 N–H and O–H groups in total. The van der Waals surface area contributed by atoms with Gasteiger partial charge in [0.05, 0.1) is 12.7 Å². The minimum Gasteiger partial charge on any atom is -0.465 e. The number of hydrogen-bond donors (Lipinski definition) is 0. The Labute approximate surface area is 92.6 Å². The van der Waals surface area contributed by atoms with Crippen molar-refractivity contribution in [1.82, 2.24) is 0 Å². The van der Waals surface area contributed by atoms with E-state index in [4.69, 9.17) is 0 Å². The van der Waals surface area contributed by atoms with Crippen molar-refractivity contribution in [1.29, 1.82) is 0 Å². The smallest absolute Gasteiger partial charge is 0.339 e. The molecule has 0 spiro atoms. The van der Waals surface area contributed by atoms with Crippen LogP contribution in [0.3, 0.4) is 0 Å².